The van der Waals surface area contributed by atoms with Crippen LogP contribution in [0.4, 0.5) is 4.39 Å². The van der Waals surface area contributed by atoms with Crippen LogP contribution in [-0.4, -0.2) is 39.5 Å². The van der Waals surface area contributed by atoms with Crippen LogP contribution < -0.4 is 5.32 Å². The highest BCUT2D eigenvalue weighted by atomic mass is 32.2. The summed E-state index contributed by atoms with van der Waals surface area (Å²) in [6.07, 6.45) is 0. The Hall–Kier alpha value is -1.47. The fourth-order valence-corrected chi connectivity index (χ4v) is 2.55. The van der Waals surface area contributed by atoms with Crippen molar-refractivity contribution in [3.8, 4) is 0 Å². The lowest BCUT2D eigenvalue weighted by molar-refractivity contribution is -0.118. The van der Waals surface area contributed by atoms with Gasteiger partial charge in [-0.3, -0.25) is 4.79 Å². The second-order valence-electron chi connectivity index (χ2n) is 4.45. The van der Waals surface area contributed by atoms with Gasteiger partial charge in [-0.25, -0.2) is 12.8 Å². The van der Waals surface area contributed by atoms with E-state index >= 15 is 0 Å². The second-order valence-corrected chi connectivity index (χ2v) is 6.63. The van der Waals surface area contributed by atoms with Crippen LogP contribution in [0.25, 0.3) is 0 Å². The molecule has 0 saturated carbocycles. The number of nitrogens with one attached hydrogen (secondary N) is 1. The Labute approximate surface area is 118 Å². The van der Waals surface area contributed by atoms with Gasteiger partial charge in [-0.1, -0.05) is 12.1 Å². The Bertz CT molecular complexity index is 572. The molecule has 0 heterocycles. The fraction of sp³-hybridized carbons (Fsp3) is 0.462. The van der Waals surface area contributed by atoms with Crippen molar-refractivity contribution in [3.63, 3.8) is 0 Å². The molecule has 0 unspecified atom stereocenters. The lowest BCUT2D eigenvalue weighted by atomic mass is 10.1. The van der Waals surface area contributed by atoms with E-state index in [9.17, 15) is 17.6 Å². The first-order valence-corrected chi connectivity index (χ1v) is 7.87. The Morgan fingerprint density at radius 1 is 1.40 bits per heavy atom. The molecule has 5 nitrogen and oxygen atoms in total. The quantitative estimate of drug-likeness (QED) is 0.809. The molecule has 20 heavy (non-hydrogen) atoms. The average molecular weight is 303 g/mol. The third-order valence-electron chi connectivity index (χ3n) is 2.68. The summed E-state index contributed by atoms with van der Waals surface area (Å²) in [5, 5.41) is 2.45. The van der Waals surface area contributed by atoms with E-state index in [-0.39, 0.29) is 24.7 Å². The van der Waals surface area contributed by atoms with Crippen molar-refractivity contribution in [3.05, 3.63) is 35.1 Å². The highest BCUT2D eigenvalue weighted by Gasteiger charge is 2.16. The molecule has 0 fully saturated rings. The largest absolute Gasteiger partial charge is 0.384 e. The van der Waals surface area contributed by atoms with E-state index in [0.29, 0.717) is 11.1 Å². The topological polar surface area (TPSA) is 72.5 Å². The average Bonchev–Trinajstić information content (AvgIpc) is 2.37. The molecule has 0 bridgehead atoms. The molecule has 1 rings (SSSR count). The number of ether oxygens (including phenoxy) is 1. The fourth-order valence-electron chi connectivity index (χ4n) is 1.48. The van der Waals surface area contributed by atoms with Gasteiger partial charge in [0.05, 0.1) is 12.4 Å². The van der Waals surface area contributed by atoms with Gasteiger partial charge in [-0.2, -0.15) is 0 Å². The summed E-state index contributed by atoms with van der Waals surface area (Å²) in [5.74, 6) is -1.76. The number of halogens is 1. The number of methoxy groups -OCH3 is 1. The number of rotatable bonds is 7. The lowest BCUT2D eigenvalue weighted by Crippen LogP contribution is -2.31. The van der Waals surface area contributed by atoms with Gasteiger partial charge in [0.15, 0.2) is 9.84 Å². The van der Waals surface area contributed by atoms with E-state index in [4.69, 9.17) is 0 Å². The Morgan fingerprint density at radius 3 is 2.70 bits per heavy atom. The highest BCUT2D eigenvalue weighted by Crippen LogP contribution is 2.08. The van der Waals surface area contributed by atoms with Gasteiger partial charge in [0.25, 0.3) is 0 Å². The molecular formula is C13H18FNO4S. The number of carbonyl (C=O) groups excluding carboxylic acids is 1. The molecule has 0 radical (unpaired) electrons. The molecule has 0 aliphatic heterocycles. The molecule has 0 aromatic heterocycles. The lowest BCUT2D eigenvalue weighted by Gasteiger charge is -2.07. The molecular weight excluding hydrogens is 285 g/mol. The highest BCUT2D eigenvalue weighted by molar-refractivity contribution is 7.92. The third-order valence-corrected chi connectivity index (χ3v) is 4.17. The van der Waals surface area contributed by atoms with Crippen molar-refractivity contribution < 1.29 is 22.3 Å². The Balaban J connectivity index is 2.49. The zero-order valence-corrected chi connectivity index (χ0v) is 12.3. The van der Waals surface area contributed by atoms with Crippen molar-refractivity contribution in [2.75, 3.05) is 25.2 Å². The zero-order valence-electron chi connectivity index (χ0n) is 11.5. The molecule has 0 spiro atoms. The Morgan fingerprint density at radius 2 is 2.10 bits per heavy atom. The minimum atomic E-state index is -3.47. The van der Waals surface area contributed by atoms with Crippen LogP contribution >= 0.6 is 0 Å². The first kappa shape index (κ1) is 16.6. The zero-order chi connectivity index (χ0) is 15.2. The minimum absolute atomic E-state index is 0.0544. The maximum Gasteiger partial charge on any atom is 0.235 e. The molecule has 1 amide bonds. The van der Waals surface area contributed by atoms with Gasteiger partial charge in [-0.15, -0.1) is 0 Å². The summed E-state index contributed by atoms with van der Waals surface area (Å²) in [6, 6.07) is 4.60. The number of aryl methyl sites for hydroxylation is 1. The summed E-state index contributed by atoms with van der Waals surface area (Å²) >= 11 is 0. The SMILES string of the molecule is COCCS(=O)(=O)CC(=O)NCc1ccc(C)c(F)c1. The van der Waals surface area contributed by atoms with Crippen LogP contribution in [0.2, 0.25) is 0 Å². The maximum absolute atomic E-state index is 13.3. The van der Waals surface area contributed by atoms with Gasteiger partial charge in [0, 0.05) is 13.7 Å². The van der Waals surface area contributed by atoms with Crippen molar-refractivity contribution in [2.45, 2.75) is 13.5 Å². The van der Waals surface area contributed by atoms with Crippen LogP contribution in [0.5, 0.6) is 0 Å². The van der Waals surface area contributed by atoms with E-state index < -0.39 is 21.5 Å². The number of hydrogen-bond donors (Lipinski definition) is 1. The van der Waals surface area contributed by atoms with Crippen LogP contribution in [0.1, 0.15) is 11.1 Å². The monoisotopic (exact) mass is 303 g/mol. The van der Waals surface area contributed by atoms with Gasteiger partial charge >= 0.3 is 0 Å². The molecule has 0 aliphatic rings. The standard InChI is InChI=1S/C13H18FNO4S/c1-10-3-4-11(7-12(10)14)8-15-13(16)9-20(17,18)6-5-19-2/h3-4,7H,5-6,8-9H2,1-2H3,(H,15,16). The summed E-state index contributed by atoms with van der Waals surface area (Å²) in [4.78, 5) is 11.5. The third kappa shape index (κ3) is 5.66. The molecule has 1 N–H and O–H groups in total. The molecule has 0 aliphatic carbocycles. The van der Waals surface area contributed by atoms with Crippen LogP contribution in [0.3, 0.4) is 0 Å². The number of benzene rings is 1. The van der Waals surface area contributed by atoms with Gasteiger partial charge in [0.2, 0.25) is 5.91 Å². The van der Waals surface area contributed by atoms with E-state index in [0.717, 1.165) is 0 Å². The molecule has 1 aromatic rings. The van der Waals surface area contributed by atoms with Crippen molar-refractivity contribution >= 4 is 15.7 Å². The van der Waals surface area contributed by atoms with Crippen LogP contribution in [0.15, 0.2) is 18.2 Å². The van der Waals surface area contributed by atoms with E-state index in [1.165, 1.54) is 13.2 Å². The minimum Gasteiger partial charge on any atom is -0.384 e. The number of sulfone groups is 1. The normalized spacial score (nSPS) is 11.3. The van der Waals surface area contributed by atoms with E-state index in [1.54, 1.807) is 19.1 Å². The Kier molecular flexibility index (Phi) is 6.09. The molecule has 112 valence electrons. The number of carbonyl (C=O) groups is 1. The predicted octanol–water partition coefficient (Wildman–Crippen LogP) is 0.812. The van der Waals surface area contributed by atoms with E-state index in [1.807, 2.05) is 0 Å². The smallest absolute Gasteiger partial charge is 0.235 e. The van der Waals surface area contributed by atoms with E-state index in [2.05, 4.69) is 10.1 Å². The van der Waals surface area contributed by atoms with Gasteiger partial charge in [-0.05, 0) is 24.1 Å². The van der Waals surface area contributed by atoms with Crippen LogP contribution in [-0.2, 0) is 25.9 Å². The predicted molar refractivity (Wildman–Crippen MR) is 73.5 cm³/mol. The molecule has 7 heteroatoms. The molecule has 1 aromatic carbocycles. The van der Waals surface area contributed by atoms with Gasteiger partial charge < -0.3 is 10.1 Å². The summed E-state index contributed by atoms with van der Waals surface area (Å²) in [5.41, 5.74) is 1.10. The van der Waals surface area contributed by atoms with Crippen molar-refractivity contribution in [1.29, 1.82) is 0 Å². The number of hydrogen-bond acceptors (Lipinski definition) is 4. The van der Waals surface area contributed by atoms with Crippen molar-refractivity contribution in [1.82, 2.24) is 5.32 Å². The molecule has 0 saturated heterocycles. The molecule has 0 atom stereocenters. The first-order valence-electron chi connectivity index (χ1n) is 6.05. The summed E-state index contributed by atoms with van der Waals surface area (Å²) in [6.45, 7) is 1.79. The first-order chi connectivity index (χ1) is 9.34. The van der Waals surface area contributed by atoms with Gasteiger partial charge in [0.1, 0.15) is 11.6 Å². The number of amides is 1. The van der Waals surface area contributed by atoms with Crippen LogP contribution in [0, 0.1) is 12.7 Å². The van der Waals surface area contributed by atoms with Crippen molar-refractivity contribution in [2.24, 2.45) is 0 Å². The second kappa shape index (κ2) is 7.35. The summed E-state index contributed by atoms with van der Waals surface area (Å²) in [7, 11) is -2.08. The maximum atomic E-state index is 13.3. The summed E-state index contributed by atoms with van der Waals surface area (Å²) < 4.78 is 41.0.